The summed E-state index contributed by atoms with van der Waals surface area (Å²) in [5, 5.41) is 11.6. The normalized spacial score (nSPS) is 23.4. The smallest absolute Gasteiger partial charge is 0.265 e. The van der Waals surface area contributed by atoms with Crippen molar-refractivity contribution >= 4 is 5.91 Å². The number of fused-ring (bicyclic) bond motifs is 1. The maximum atomic E-state index is 13.5. The van der Waals surface area contributed by atoms with Gasteiger partial charge in [0.25, 0.3) is 6.43 Å². The Hall–Kier alpha value is -1.96. The molecule has 5 heteroatoms. The van der Waals surface area contributed by atoms with E-state index in [2.05, 4.69) is 5.32 Å². The molecule has 0 aromatic heterocycles. The van der Waals surface area contributed by atoms with E-state index in [0.29, 0.717) is 29.5 Å². The van der Waals surface area contributed by atoms with Gasteiger partial charge in [0, 0.05) is 0 Å². The number of rotatable bonds is 3. The lowest BCUT2D eigenvalue weighted by Crippen LogP contribution is -2.60. The second kappa shape index (κ2) is 5.10. The van der Waals surface area contributed by atoms with Gasteiger partial charge < -0.3 is 5.32 Å². The second-order valence-electron chi connectivity index (χ2n) is 5.62. The number of carbonyl (C=O) groups excluding carboxylic acids is 1. The summed E-state index contributed by atoms with van der Waals surface area (Å²) in [6, 6.07) is 6.66. The highest BCUT2D eigenvalue weighted by Crippen LogP contribution is 2.45. The maximum absolute atomic E-state index is 13.5. The summed E-state index contributed by atoms with van der Waals surface area (Å²) >= 11 is 0. The number of hydrogen-bond donors (Lipinski definition) is 1. The third-order valence-electron chi connectivity index (χ3n) is 4.68. The number of nitriles is 1. The van der Waals surface area contributed by atoms with Crippen molar-refractivity contribution < 1.29 is 13.6 Å². The summed E-state index contributed by atoms with van der Waals surface area (Å²) < 4.78 is 27.0. The molecule has 1 atom stereocenters. The molecule has 0 saturated heterocycles. The molecule has 112 valence electrons. The number of nitrogens with one attached hydrogen (secondary N) is 1. The Labute approximate surface area is 123 Å². The largest absolute Gasteiger partial charge is 0.340 e. The molecule has 1 N–H and O–H groups in total. The lowest BCUT2D eigenvalue weighted by Gasteiger charge is -2.45. The molecule has 0 spiro atoms. The third kappa shape index (κ3) is 2.01. The predicted molar refractivity (Wildman–Crippen MR) is 74.9 cm³/mol. The van der Waals surface area contributed by atoms with E-state index in [1.807, 2.05) is 19.9 Å². The van der Waals surface area contributed by atoms with Gasteiger partial charge in [-0.25, -0.2) is 8.78 Å². The number of halogens is 2. The van der Waals surface area contributed by atoms with Crippen LogP contribution in [0.5, 0.6) is 0 Å². The Morgan fingerprint density at radius 1 is 1.29 bits per heavy atom. The van der Waals surface area contributed by atoms with Crippen LogP contribution in [0.25, 0.3) is 0 Å². The van der Waals surface area contributed by atoms with E-state index < -0.39 is 23.3 Å². The van der Waals surface area contributed by atoms with E-state index in [1.54, 1.807) is 12.1 Å². The number of amides is 1. The van der Waals surface area contributed by atoms with Gasteiger partial charge in [-0.3, -0.25) is 4.79 Å². The van der Waals surface area contributed by atoms with Crippen LogP contribution in [-0.4, -0.2) is 12.3 Å². The van der Waals surface area contributed by atoms with Crippen LogP contribution < -0.4 is 5.32 Å². The molecule has 1 aliphatic rings. The summed E-state index contributed by atoms with van der Waals surface area (Å²) in [7, 11) is 0. The monoisotopic (exact) mass is 292 g/mol. The third-order valence-corrected chi connectivity index (χ3v) is 4.68. The van der Waals surface area contributed by atoms with Crippen molar-refractivity contribution in [1.82, 2.24) is 5.32 Å². The predicted octanol–water partition coefficient (Wildman–Crippen LogP) is 3.23. The second-order valence-corrected chi connectivity index (χ2v) is 5.62. The molecular weight excluding hydrogens is 274 g/mol. The first-order valence-corrected chi connectivity index (χ1v) is 7.01. The zero-order chi connectivity index (χ0) is 15.8. The Balaban J connectivity index is 2.80. The summed E-state index contributed by atoms with van der Waals surface area (Å²) in [6.45, 7) is 5.05. The number of hydrogen-bond acceptors (Lipinski definition) is 2. The molecule has 1 unspecified atom stereocenters. The highest BCUT2D eigenvalue weighted by atomic mass is 19.3. The van der Waals surface area contributed by atoms with Crippen molar-refractivity contribution in [3.05, 3.63) is 34.9 Å². The van der Waals surface area contributed by atoms with Crippen molar-refractivity contribution in [2.24, 2.45) is 0 Å². The lowest BCUT2D eigenvalue weighted by atomic mass is 9.66. The fraction of sp³-hybridized carbons (Fsp3) is 0.500. The molecular formula is C16H18F2N2O. The van der Waals surface area contributed by atoms with Crippen LogP contribution in [0.1, 0.15) is 50.3 Å². The van der Waals surface area contributed by atoms with Crippen LogP contribution in [0.15, 0.2) is 18.2 Å². The van der Waals surface area contributed by atoms with Crippen LogP contribution in [0.3, 0.4) is 0 Å². The van der Waals surface area contributed by atoms with Gasteiger partial charge in [-0.15, -0.1) is 0 Å². The molecule has 1 amide bonds. The fourth-order valence-electron chi connectivity index (χ4n) is 3.13. The molecule has 0 aliphatic carbocycles. The molecule has 0 radical (unpaired) electrons. The van der Waals surface area contributed by atoms with Crippen LogP contribution in [0.4, 0.5) is 8.78 Å². The Kier molecular flexibility index (Phi) is 3.75. The highest BCUT2D eigenvalue weighted by Gasteiger charge is 2.52. The van der Waals surface area contributed by atoms with E-state index in [1.165, 1.54) is 13.0 Å². The van der Waals surface area contributed by atoms with Crippen LogP contribution in [0, 0.1) is 11.3 Å². The molecule has 1 aromatic rings. The molecule has 21 heavy (non-hydrogen) atoms. The summed E-state index contributed by atoms with van der Waals surface area (Å²) in [5.74, 6) is -0.391. The van der Waals surface area contributed by atoms with Crippen molar-refractivity contribution in [3.63, 3.8) is 0 Å². The molecule has 0 fully saturated rings. The molecule has 1 heterocycles. The quantitative estimate of drug-likeness (QED) is 0.930. The average Bonchev–Trinajstić information content (AvgIpc) is 2.47. The summed E-state index contributed by atoms with van der Waals surface area (Å²) in [5.41, 5.74) is -1.23. The zero-order valence-corrected chi connectivity index (χ0v) is 12.3. The molecule has 1 aromatic carbocycles. The van der Waals surface area contributed by atoms with Gasteiger partial charge in [0.1, 0.15) is 5.54 Å². The van der Waals surface area contributed by atoms with Gasteiger partial charge >= 0.3 is 0 Å². The van der Waals surface area contributed by atoms with Gasteiger partial charge in [0.2, 0.25) is 5.91 Å². The fourth-order valence-corrected chi connectivity index (χ4v) is 3.13. The number of alkyl halides is 2. The number of carbonyl (C=O) groups is 1. The van der Waals surface area contributed by atoms with Crippen LogP contribution in [0.2, 0.25) is 0 Å². The SMILES string of the molecule is CCC1(CC)C(=O)NC(C)(C(F)F)c2ccc(C#N)cc21. The minimum absolute atomic E-state index is 0.381. The first-order chi connectivity index (χ1) is 9.85. The summed E-state index contributed by atoms with van der Waals surface area (Å²) in [4.78, 5) is 12.5. The minimum Gasteiger partial charge on any atom is -0.340 e. The van der Waals surface area contributed by atoms with E-state index in [-0.39, 0.29) is 0 Å². The van der Waals surface area contributed by atoms with E-state index in [0.717, 1.165) is 0 Å². The number of benzene rings is 1. The van der Waals surface area contributed by atoms with Crippen molar-refractivity contribution in [1.29, 1.82) is 5.26 Å². The highest BCUT2D eigenvalue weighted by molar-refractivity contribution is 5.91. The topological polar surface area (TPSA) is 52.9 Å². The van der Waals surface area contributed by atoms with Crippen molar-refractivity contribution in [3.8, 4) is 6.07 Å². The molecule has 2 rings (SSSR count). The Morgan fingerprint density at radius 2 is 1.90 bits per heavy atom. The molecule has 1 aliphatic heterocycles. The molecule has 3 nitrogen and oxygen atoms in total. The van der Waals surface area contributed by atoms with Gasteiger partial charge in [0.05, 0.1) is 17.0 Å². The van der Waals surface area contributed by atoms with E-state index in [4.69, 9.17) is 5.26 Å². The van der Waals surface area contributed by atoms with Crippen LogP contribution >= 0.6 is 0 Å². The standard InChI is InChI=1S/C16H18F2N2O/c1-4-16(5-2)12-8-10(9-19)6-7-11(12)15(3,13(17)18)20-14(16)21/h6-8,13H,4-5H2,1-3H3,(H,20,21). The average molecular weight is 292 g/mol. The van der Waals surface area contributed by atoms with E-state index in [9.17, 15) is 13.6 Å². The van der Waals surface area contributed by atoms with Crippen LogP contribution in [-0.2, 0) is 15.7 Å². The van der Waals surface area contributed by atoms with E-state index >= 15 is 0 Å². The lowest BCUT2D eigenvalue weighted by molar-refractivity contribution is -0.133. The zero-order valence-electron chi connectivity index (χ0n) is 12.3. The number of nitrogens with zero attached hydrogens (tertiary/aromatic N) is 1. The van der Waals surface area contributed by atoms with Crippen molar-refractivity contribution in [2.75, 3.05) is 0 Å². The first-order valence-electron chi connectivity index (χ1n) is 7.01. The molecule has 0 bridgehead atoms. The van der Waals surface area contributed by atoms with Gasteiger partial charge in [-0.1, -0.05) is 19.9 Å². The Morgan fingerprint density at radius 3 is 2.38 bits per heavy atom. The van der Waals surface area contributed by atoms with Gasteiger partial charge in [-0.05, 0) is 43.0 Å². The molecule has 0 saturated carbocycles. The van der Waals surface area contributed by atoms with Crippen molar-refractivity contribution in [2.45, 2.75) is 51.0 Å². The Bertz CT molecular complexity index is 617. The minimum atomic E-state index is -2.72. The van der Waals surface area contributed by atoms with Gasteiger partial charge in [0.15, 0.2) is 0 Å². The van der Waals surface area contributed by atoms with Gasteiger partial charge in [-0.2, -0.15) is 5.26 Å². The first kappa shape index (κ1) is 15.4. The summed E-state index contributed by atoms with van der Waals surface area (Å²) in [6.07, 6.45) is -1.73. The maximum Gasteiger partial charge on any atom is 0.265 e.